The van der Waals surface area contributed by atoms with Crippen LogP contribution < -0.4 is 5.43 Å². The molecule has 0 bridgehead atoms. The number of aliphatic hydroxyl groups is 1. The third-order valence-corrected chi connectivity index (χ3v) is 2.75. The van der Waals surface area contributed by atoms with E-state index in [2.05, 4.69) is 15.5 Å². The number of carbonyl (C=O) groups excluding carboxylic acids is 1. The number of halogens is 1. The summed E-state index contributed by atoms with van der Waals surface area (Å²) < 4.78 is 0. The van der Waals surface area contributed by atoms with Crippen LogP contribution in [0.3, 0.4) is 0 Å². The molecule has 2 N–H and O–H groups in total. The van der Waals surface area contributed by atoms with E-state index < -0.39 is 0 Å². The van der Waals surface area contributed by atoms with E-state index in [1.165, 1.54) is 12.4 Å². The first-order valence-corrected chi connectivity index (χ1v) is 6.21. The van der Waals surface area contributed by atoms with Crippen molar-refractivity contribution in [3.8, 4) is 0 Å². The number of aliphatic hydroxyl groups excluding tert-OH is 1. The summed E-state index contributed by atoms with van der Waals surface area (Å²) in [6.45, 7) is -0.156. The number of aromatic nitrogens is 1. The molecule has 2 aromatic rings. The molecule has 6 heteroatoms. The van der Waals surface area contributed by atoms with Crippen molar-refractivity contribution in [1.29, 1.82) is 0 Å². The van der Waals surface area contributed by atoms with Crippen molar-refractivity contribution in [2.75, 3.05) is 0 Å². The lowest BCUT2D eigenvalue weighted by Gasteiger charge is -2.00. The Hall–Kier alpha value is -2.24. The van der Waals surface area contributed by atoms with Gasteiger partial charge in [-0.15, -0.1) is 0 Å². The molecule has 1 amide bonds. The number of hydrazone groups is 1. The summed E-state index contributed by atoms with van der Waals surface area (Å²) in [5.41, 5.74) is 4.09. The number of pyridine rings is 1. The second kappa shape index (κ2) is 6.79. The normalized spacial score (nSPS) is 10.7. The third kappa shape index (κ3) is 3.88. The number of hydrogen-bond donors (Lipinski definition) is 2. The van der Waals surface area contributed by atoms with Gasteiger partial charge in [-0.1, -0.05) is 23.7 Å². The fourth-order valence-corrected chi connectivity index (χ4v) is 1.56. The van der Waals surface area contributed by atoms with Crippen LogP contribution >= 0.6 is 11.6 Å². The van der Waals surface area contributed by atoms with Gasteiger partial charge in [-0.25, -0.2) is 5.43 Å². The van der Waals surface area contributed by atoms with Gasteiger partial charge in [0.2, 0.25) is 0 Å². The summed E-state index contributed by atoms with van der Waals surface area (Å²) in [6, 6.07) is 10.2. The quantitative estimate of drug-likeness (QED) is 0.668. The monoisotopic (exact) mass is 289 g/mol. The summed E-state index contributed by atoms with van der Waals surface area (Å²) in [5, 5.41) is 13.3. The van der Waals surface area contributed by atoms with E-state index in [1.807, 2.05) is 0 Å². The van der Waals surface area contributed by atoms with Gasteiger partial charge in [0.1, 0.15) is 0 Å². The van der Waals surface area contributed by atoms with E-state index in [1.54, 1.807) is 36.4 Å². The van der Waals surface area contributed by atoms with E-state index in [-0.39, 0.29) is 12.5 Å². The molecule has 5 nitrogen and oxygen atoms in total. The molecule has 0 fully saturated rings. The number of amides is 1. The highest BCUT2D eigenvalue weighted by molar-refractivity contribution is 6.30. The molecule has 1 aromatic carbocycles. The number of nitrogens with zero attached hydrogens (tertiary/aromatic N) is 2. The van der Waals surface area contributed by atoms with Crippen molar-refractivity contribution in [1.82, 2.24) is 10.4 Å². The first-order valence-electron chi connectivity index (χ1n) is 5.84. The van der Waals surface area contributed by atoms with Crippen molar-refractivity contribution in [3.05, 3.63) is 64.4 Å². The average molecular weight is 290 g/mol. The van der Waals surface area contributed by atoms with Crippen molar-refractivity contribution in [3.63, 3.8) is 0 Å². The molecule has 0 unspecified atom stereocenters. The Morgan fingerprint density at radius 3 is 2.65 bits per heavy atom. The lowest BCUT2D eigenvalue weighted by Crippen LogP contribution is -2.17. The number of rotatable bonds is 4. The largest absolute Gasteiger partial charge is 0.390 e. The maximum Gasteiger partial charge on any atom is 0.272 e. The van der Waals surface area contributed by atoms with Gasteiger partial charge >= 0.3 is 0 Å². The van der Waals surface area contributed by atoms with Gasteiger partial charge in [0.05, 0.1) is 24.1 Å². The Morgan fingerprint density at radius 1 is 1.30 bits per heavy atom. The molecule has 2 rings (SSSR count). The highest BCUT2D eigenvalue weighted by atomic mass is 35.5. The van der Waals surface area contributed by atoms with Crippen molar-refractivity contribution >= 4 is 23.7 Å². The van der Waals surface area contributed by atoms with Crippen molar-refractivity contribution in [2.24, 2.45) is 5.10 Å². The molecule has 0 saturated heterocycles. The fraction of sp³-hybridized carbons (Fsp3) is 0.0714. The first kappa shape index (κ1) is 14.2. The lowest BCUT2D eigenvalue weighted by atomic mass is 10.2. The summed E-state index contributed by atoms with van der Waals surface area (Å²) in [5.74, 6) is -0.368. The summed E-state index contributed by atoms with van der Waals surface area (Å²) in [7, 11) is 0. The lowest BCUT2D eigenvalue weighted by molar-refractivity contribution is 0.0954. The van der Waals surface area contributed by atoms with E-state index in [0.717, 1.165) is 5.56 Å². The minimum Gasteiger partial charge on any atom is -0.390 e. The number of benzene rings is 1. The van der Waals surface area contributed by atoms with Gasteiger partial charge in [-0.2, -0.15) is 5.10 Å². The predicted octanol–water partition coefficient (Wildman–Crippen LogP) is 1.99. The number of carbonyl (C=O) groups is 1. The Kier molecular flexibility index (Phi) is 4.81. The van der Waals surface area contributed by atoms with Crippen LogP contribution in [0.5, 0.6) is 0 Å². The van der Waals surface area contributed by atoms with Crippen LogP contribution in [0.25, 0.3) is 0 Å². The van der Waals surface area contributed by atoms with Crippen LogP contribution in [0.2, 0.25) is 5.02 Å². The average Bonchev–Trinajstić information content (AvgIpc) is 2.49. The Bertz CT molecular complexity index is 609. The zero-order chi connectivity index (χ0) is 14.4. The van der Waals surface area contributed by atoms with Gasteiger partial charge in [0.25, 0.3) is 5.91 Å². The molecular weight excluding hydrogens is 278 g/mol. The van der Waals surface area contributed by atoms with Crippen molar-refractivity contribution < 1.29 is 9.90 Å². The van der Waals surface area contributed by atoms with Gasteiger partial charge in [-0.3, -0.25) is 9.78 Å². The molecule has 0 aliphatic rings. The standard InChI is InChI=1S/C14H12ClN3O2/c15-12-4-1-10(2-5-12)7-17-18-14(20)11-3-6-13(9-19)16-8-11/h1-8,19H,9H2,(H,18,20)/b17-7+. The number of hydrogen-bond acceptors (Lipinski definition) is 4. The van der Waals surface area contributed by atoms with E-state index >= 15 is 0 Å². The molecular formula is C14H12ClN3O2. The topological polar surface area (TPSA) is 74.6 Å². The molecule has 0 radical (unpaired) electrons. The molecule has 0 atom stereocenters. The second-order valence-corrected chi connectivity index (χ2v) is 4.38. The van der Waals surface area contributed by atoms with Crippen LogP contribution in [0.15, 0.2) is 47.7 Å². The van der Waals surface area contributed by atoms with E-state index in [4.69, 9.17) is 16.7 Å². The molecule has 20 heavy (non-hydrogen) atoms. The molecule has 1 aromatic heterocycles. The minimum absolute atomic E-state index is 0.156. The van der Waals surface area contributed by atoms with Gasteiger partial charge in [0, 0.05) is 11.2 Å². The first-order chi connectivity index (χ1) is 9.69. The zero-order valence-corrected chi connectivity index (χ0v) is 11.2. The molecule has 102 valence electrons. The van der Waals surface area contributed by atoms with Gasteiger partial charge < -0.3 is 5.11 Å². The van der Waals surface area contributed by atoms with Crippen molar-refractivity contribution in [2.45, 2.75) is 6.61 Å². The van der Waals surface area contributed by atoms with Gasteiger partial charge in [-0.05, 0) is 29.8 Å². The Labute approximate surface area is 120 Å². The van der Waals surface area contributed by atoms with Crippen LogP contribution in [0, 0.1) is 0 Å². The smallest absolute Gasteiger partial charge is 0.272 e. The highest BCUT2D eigenvalue weighted by Gasteiger charge is 2.04. The van der Waals surface area contributed by atoms with Crippen LogP contribution in [-0.4, -0.2) is 22.2 Å². The molecule has 0 aliphatic heterocycles. The zero-order valence-electron chi connectivity index (χ0n) is 10.5. The maximum absolute atomic E-state index is 11.7. The molecule has 0 aliphatic carbocycles. The van der Waals surface area contributed by atoms with Crippen LogP contribution in [-0.2, 0) is 6.61 Å². The molecule has 0 saturated carbocycles. The highest BCUT2D eigenvalue weighted by Crippen LogP contribution is 2.07. The van der Waals surface area contributed by atoms with Crippen LogP contribution in [0.1, 0.15) is 21.6 Å². The summed E-state index contributed by atoms with van der Waals surface area (Å²) >= 11 is 5.76. The maximum atomic E-state index is 11.7. The SMILES string of the molecule is O=C(N/N=C/c1ccc(Cl)cc1)c1ccc(CO)nc1. The third-order valence-electron chi connectivity index (χ3n) is 2.50. The van der Waals surface area contributed by atoms with Gasteiger partial charge in [0.15, 0.2) is 0 Å². The fourth-order valence-electron chi connectivity index (χ4n) is 1.43. The summed E-state index contributed by atoms with van der Waals surface area (Å²) in [6.07, 6.45) is 2.91. The number of nitrogens with one attached hydrogen (secondary N) is 1. The molecule has 1 heterocycles. The molecule has 0 spiro atoms. The Morgan fingerprint density at radius 2 is 2.05 bits per heavy atom. The van der Waals surface area contributed by atoms with E-state index in [0.29, 0.717) is 16.3 Å². The summed E-state index contributed by atoms with van der Waals surface area (Å²) in [4.78, 5) is 15.7. The minimum atomic E-state index is -0.368. The van der Waals surface area contributed by atoms with E-state index in [9.17, 15) is 4.79 Å². The predicted molar refractivity (Wildman–Crippen MR) is 76.7 cm³/mol. The second-order valence-electron chi connectivity index (χ2n) is 3.95. The Balaban J connectivity index is 1.95. The van der Waals surface area contributed by atoms with Crippen LogP contribution in [0.4, 0.5) is 0 Å².